The van der Waals surface area contributed by atoms with Crippen molar-refractivity contribution in [2.45, 2.75) is 29.4 Å². The lowest BCUT2D eigenvalue weighted by atomic mass is 9.77. The van der Waals surface area contributed by atoms with Crippen LogP contribution >= 0.6 is 22.6 Å². The monoisotopic (exact) mass is 613 g/mol. The van der Waals surface area contributed by atoms with Crippen molar-refractivity contribution in [1.29, 1.82) is 0 Å². The largest absolute Gasteiger partial charge is 0.480 e. The predicted octanol–water partition coefficient (Wildman–Crippen LogP) is 4.83. The van der Waals surface area contributed by atoms with Crippen molar-refractivity contribution in [2.24, 2.45) is 4.99 Å². The zero-order chi connectivity index (χ0) is 26.4. The van der Waals surface area contributed by atoms with Crippen LogP contribution < -0.4 is 9.64 Å². The number of carboxylic acids is 2. The lowest BCUT2D eigenvalue weighted by molar-refractivity contribution is -0.141. The fraction of sp³-hybridized carbons (Fsp3) is 0.321. The fourth-order valence-electron chi connectivity index (χ4n) is 5.53. The molecule has 0 aliphatic carbocycles. The Labute approximate surface area is 228 Å². The molecule has 0 radical (unpaired) electrons. The van der Waals surface area contributed by atoms with Crippen LogP contribution in [0, 0.1) is 0 Å². The van der Waals surface area contributed by atoms with E-state index >= 15 is 0 Å². The molecule has 1 atom stereocenters. The number of hydrogen-bond donors (Lipinski definition) is 2. The van der Waals surface area contributed by atoms with Gasteiger partial charge in [0.05, 0.1) is 24.7 Å². The average molecular weight is 613 g/mol. The van der Waals surface area contributed by atoms with Crippen molar-refractivity contribution >= 4 is 62.9 Å². The van der Waals surface area contributed by atoms with Gasteiger partial charge in [0.2, 0.25) is 5.72 Å². The number of halogens is 1. The Morgan fingerprint density at radius 2 is 1.73 bits per heavy atom. The second kappa shape index (κ2) is 9.60. The summed E-state index contributed by atoms with van der Waals surface area (Å²) in [4.78, 5) is 31.4. The van der Waals surface area contributed by atoms with E-state index in [0.717, 1.165) is 43.5 Å². The Balaban J connectivity index is 1.61. The number of nitrogens with zero attached hydrogens (tertiary/aromatic N) is 3. The van der Waals surface area contributed by atoms with Crippen molar-refractivity contribution in [1.82, 2.24) is 4.90 Å². The van der Waals surface area contributed by atoms with Crippen LogP contribution in [0.5, 0.6) is 5.75 Å². The van der Waals surface area contributed by atoms with Crippen molar-refractivity contribution in [3.63, 3.8) is 0 Å². The van der Waals surface area contributed by atoms with Gasteiger partial charge in [-0.15, -0.1) is 0 Å². The summed E-state index contributed by atoms with van der Waals surface area (Å²) < 4.78 is 7.78. The van der Waals surface area contributed by atoms with E-state index < -0.39 is 23.1 Å². The Hall–Kier alpha value is -3.18. The van der Waals surface area contributed by atoms with Gasteiger partial charge in [-0.1, -0.05) is 65.1 Å². The minimum Gasteiger partial charge on any atom is -0.480 e. The number of fused-ring (bicyclic) bond motifs is 4. The Morgan fingerprint density at radius 3 is 2.43 bits per heavy atom. The molecule has 2 heterocycles. The highest BCUT2D eigenvalue weighted by Crippen LogP contribution is 2.55. The van der Waals surface area contributed by atoms with E-state index in [0.29, 0.717) is 6.54 Å². The number of carboxylic acid groups (broad SMARTS) is 2. The zero-order valence-corrected chi connectivity index (χ0v) is 22.8. The van der Waals surface area contributed by atoms with Crippen molar-refractivity contribution in [3.8, 4) is 5.75 Å². The van der Waals surface area contributed by atoms with Crippen LogP contribution in [-0.2, 0) is 19.4 Å². The van der Waals surface area contributed by atoms with Crippen molar-refractivity contribution < 1.29 is 24.5 Å². The number of aliphatic imine (C=N–C) groups is 1. The number of carbonyl (C=O) groups is 2. The number of benzene rings is 3. The zero-order valence-electron chi connectivity index (χ0n) is 20.6. The molecule has 5 rings (SSSR count). The topological polar surface area (TPSA) is 103 Å². The molecule has 0 saturated heterocycles. The van der Waals surface area contributed by atoms with Gasteiger partial charge in [-0.3, -0.25) is 19.5 Å². The molecule has 192 valence electrons. The third-order valence-corrected chi connectivity index (χ3v) is 8.17. The van der Waals surface area contributed by atoms with E-state index in [1.807, 2.05) is 42.6 Å². The van der Waals surface area contributed by atoms with Crippen LogP contribution in [0.25, 0.3) is 10.8 Å². The first-order chi connectivity index (χ1) is 17.7. The lowest BCUT2D eigenvalue weighted by Gasteiger charge is -2.47. The number of ether oxygens (including phenoxy) is 1. The first-order valence-corrected chi connectivity index (χ1v) is 13.6. The Bertz CT molecular complexity index is 1410. The molecule has 9 heteroatoms. The molecule has 0 amide bonds. The molecular weight excluding hydrogens is 585 g/mol. The van der Waals surface area contributed by atoms with Crippen LogP contribution in [0.2, 0.25) is 0 Å². The molecule has 1 unspecified atom stereocenters. The van der Waals surface area contributed by atoms with Gasteiger partial charge in [0.15, 0.2) is 5.75 Å². The summed E-state index contributed by atoms with van der Waals surface area (Å²) in [6, 6.07) is 18.3. The maximum Gasteiger partial charge on any atom is 0.317 e. The number of anilines is 1. The number of rotatable bonds is 8. The maximum atomic E-state index is 11.4. The van der Waals surface area contributed by atoms with Crippen molar-refractivity contribution in [3.05, 3.63) is 65.7 Å². The third kappa shape index (κ3) is 4.23. The second-order valence-electron chi connectivity index (χ2n) is 9.92. The normalized spacial score (nSPS) is 19.2. The molecule has 2 N–H and O–H groups in total. The van der Waals surface area contributed by atoms with Crippen LogP contribution in [0.4, 0.5) is 11.4 Å². The standard InChI is InChI=1S/C28H28IN3O5/c1-27(2)21-9-5-6-10-22(21)32(12-11-31(15-23(33)34)16-24(35)36)28(27)17-30-25-20-8-4-3-7-18(20)13-19(14-29)26(25)37-28/h3-10,13,17H,11-12,14-16H2,1-2H3,(H,33,34)(H,35,36). The summed E-state index contributed by atoms with van der Waals surface area (Å²) in [5.41, 5.74) is 2.42. The first kappa shape index (κ1) is 25.5. The molecule has 3 aromatic carbocycles. The number of para-hydroxylation sites is 1. The highest BCUT2D eigenvalue weighted by molar-refractivity contribution is 14.1. The van der Waals surface area contributed by atoms with Crippen LogP contribution in [0.1, 0.15) is 25.0 Å². The Kier molecular flexibility index (Phi) is 6.61. The molecule has 0 bridgehead atoms. The molecule has 37 heavy (non-hydrogen) atoms. The van der Waals surface area contributed by atoms with Gasteiger partial charge in [0.25, 0.3) is 0 Å². The molecule has 8 nitrogen and oxygen atoms in total. The molecule has 3 aromatic rings. The van der Waals surface area contributed by atoms with Crippen LogP contribution in [-0.4, -0.2) is 65.2 Å². The van der Waals surface area contributed by atoms with Gasteiger partial charge in [-0.05, 0) is 36.9 Å². The third-order valence-electron chi connectivity index (χ3n) is 7.34. The molecule has 0 saturated carbocycles. The smallest absolute Gasteiger partial charge is 0.317 e. The van der Waals surface area contributed by atoms with E-state index in [-0.39, 0.29) is 19.6 Å². The first-order valence-electron chi connectivity index (χ1n) is 12.1. The minimum absolute atomic E-state index is 0.228. The summed E-state index contributed by atoms with van der Waals surface area (Å²) in [7, 11) is 0. The Morgan fingerprint density at radius 1 is 1.05 bits per heavy atom. The lowest BCUT2D eigenvalue weighted by Crippen LogP contribution is -2.63. The molecular formula is C28H28IN3O5. The summed E-state index contributed by atoms with van der Waals surface area (Å²) in [5, 5.41) is 20.8. The van der Waals surface area contributed by atoms with Gasteiger partial charge in [0, 0.05) is 34.2 Å². The molecule has 0 aromatic heterocycles. The average Bonchev–Trinajstić information content (AvgIpc) is 3.04. The van der Waals surface area contributed by atoms with E-state index in [2.05, 4.69) is 59.5 Å². The van der Waals surface area contributed by atoms with Gasteiger partial charge >= 0.3 is 11.9 Å². The molecule has 1 spiro atoms. The van der Waals surface area contributed by atoms with Gasteiger partial charge in [0.1, 0.15) is 5.69 Å². The molecule has 0 fully saturated rings. The molecule has 2 aliphatic rings. The SMILES string of the molecule is CC1(C)c2ccccc2N(CCN(CC(=O)O)CC(=O)O)C12C=Nc1c(c(CI)cc3ccccc13)O2. The summed E-state index contributed by atoms with van der Waals surface area (Å²) in [6.07, 6.45) is 1.87. The fourth-order valence-corrected chi connectivity index (χ4v) is 6.09. The van der Waals surface area contributed by atoms with E-state index in [4.69, 9.17) is 9.73 Å². The van der Waals surface area contributed by atoms with Crippen molar-refractivity contribution in [2.75, 3.05) is 31.1 Å². The predicted molar refractivity (Wildman–Crippen MR) is 152 cm³/mol. The summed E-state index contributed by atoms with van der Waals surface area (Å²) >= 11 is 2.34. The minimum atomic E-state index is -1.07. The van der Waals surface area contributed by atoms with E-state index in [1.54, 1.807) is 0 Å². The van der Waals surface area contributed by atoms with Crippen LogP contribution in [0.15, 0.2) is 59.6 Å². The maximum absolute atomic E-state index is 11.4. The van der Waals surface area contributed by atoms with Gasteiger partial charge in [-0.2, -0.15) is 0 Å². The van der Waals surface area contributed by atoms with Crippen LogP contribution in [0.3, 0.4) is 0 Å². The van der Waals surface area contributed by atoms with E-state index in [9.17, 15) is 19.8 Å². The quantitative estimate of drug-likeness (QED) is 0.277. The summed E-state index contributed by atoms with van der Waals surface area (Å²) in [5.74, 6) is -1.39. The highest BCUT2D eigenvalue weighted by Gasteiger charge is 2.59. The van der Waals surface area contributed by atoms with Gasteiger partial charge in [-0.25, -0.2) is 0 Å². The molecule has 2 aliphatic heterocycles. The number of alkyl halides is 1. The number of aliphatic carboxylic acids is 2. The highest BCUT2D eigenvalue weighted by atomic mass is 127. The number of hydrogen-bond acceptors (Lipinski definition) is 6. The second-order valence-corrected chi connectivity index (χ2v) is 10.7. The summed E-state index contributed by atoms with van der Waals surface area (Å²) in [6.45, 7) is 4.11. The van der Waals surface area contributed by atoms with Gasteiger partial charge < -0.3 is 19.8 Å². The van der Waals surface area contributed by atoms with E-state index in [1.165, 1.54) is 4.90 Å².